The van der Waals surface area contributed by atoms with E-state index in [0.717, 1.165) is 16.9 Å². The van der Waals surface area contributed by atoms with Gasteiger partial charge in [0.05, 0.1) is 6.42 Å². The van der Waals surface area contributed by atoms with E-state index >= 15 is 0 Å². The smallest absolute Gasteiger partial charge is 0.228 e. The Balaban J connectivity index is 1.95. The standard InChI is InChI=1S/C16H19N3O/c1-19(2)15-9-7-14(8-10-15)18-16(20)11-12-3-5-13(17)6-4-12/h3-10H,11,17H2,1-2H3,(H,18,20). The fraction of sp³-hybridized carbons (Fsp3) is 0.188. The Morgan fingerprint density at radius 3 is 2.20 bits per heavy atom. The van der Waals surface area contributed by atoms with Crippen molar-refractivity contribution in [3.63, 3.8) is 0 Å². The van der Waals surface area contributed by atoms with Crippen molar-refractivity contribution in [3.05, 3.63) is 54.1 Å². The average molecular weight is 269 g/mol. The van der Waals surface area contributed by atoms with Crippen molar-refractivity contribution in [2.45, 2.75) is 6.42 Å². The SMILES string of the molecule is CN(C)c1ccc(NC(=O)Cc2ccc(N)cc2)cc1. The molecule has 0 radical (unpaired) electrons. The van der Waals surface area contributed by atoms with E-state index in [-0.39, 0.29) is 5.91 Å². The van der Waals surface area contributed by atoms with Crippen molar-refractivity contribution in [2.75, 3.05) is 30.0 Å². The highest BCUT2D eigenvalue weighted by Gasteiger charge is 2.04. The van der Waals surface area contributed by atoms with E-state index in [1.165, 1.54) is 0 Å². The van der Waals surface area contributed by atoms with Gasteiger partial charge in [-0.2, -0.15) is 0 Å². The van der Waals surface area contributed by atoms with Gasteiger partial charge in [-0.25, -0.2) is 0 Å². The molecule has 0 heterocycles. The van der Waals surface area contributed by atoms with E-state index in [1.807, 2.05) is 55.4 Å². The lowest BCUT2D eigenvalue weighted by atomic mass is 10.1. The Bertz CT molecular complexity index is 574. The minimum atomic E-state index is -0.0348. The highest BCUT2D eigenvalue weighted by Crippen LogP contribution is 2.16. The van der Waals surface area contributed by atoms with Crippen molar-refractivity contribution in [3.8, 4) is 0 Å². The first kappa shape index (κ1) is 13.9. The Hall–Kier alpha value is -2.49. The molecule has 0 saturated heterocycles. The zero-order chi connectivity index (χ0) is 14.5. The summed E-state index contributed by atoms with van der Waals surface area (Å²) in [7, 11) is 3.96. The van der Waals surface area contributed by atoms with E-state index in [1.54, 1.807) is 12.1 Å². The van der Waals surface area contributed by atoms with Crippen LogP contribution in [0.4, 0.5) is 17.1 Å². The van der Waals surface area contributed by atoms with Gasteiger partial charge in [0, 0.05) is 31.2 Å². The van der Waals surface area contributed by atoms with Crippen molar-refractivity contribution >= 4 is 23.0 Å². The number of nitrogens with one attached hydrogen (secondary N) is 1. The summed E-state index contributed by atoms with van der Waals surface area (Å²) in [4.78, 5) is 13.9. The lowest BCUT2D eigenvalue weighted by molar-refractivity contribution is -0.115. The molecular weight excluding hydrogens is 250 g/mol. The largest absolute Gasteiger partial charge is 0.399 e. The summed E-state index contributed by atoms with van der Waals surface area (Å²) in [6.07, 6.45) is 0.343. The number of amides is 1. The highest BCUT2D eigenvalue weighted by molar-refractivity contribution is 5.92. The topological polar surface area (TPSA) is 58.4 Å². The molecule has 20 heavy (non-hydrogen) atoms. The molecule has 0 aliphatic heterocycles. The fourth-order valence-corrected chi connectivity index (χ4v) is 1.87. The van der Waals surface area contributed by atoms with Crippen molar-refractivity contribution in [2.24, 2.45) is 0 Å². The Labute approximate surface area is 119 Å². The second-order valence-corrected chi connectivity index (χ2v) is 4.91. The first-order valence-electron chi connectivity index (χ1n) is 6.46. The number of hydrogen-bond donors (Lipinski definition) is 2. The Morgan fingerprint density at radius 2 is 1.65 bits per heavy atom. The number of benzene rings is 2. The van der Waals surface area contributed by atoms with Crippen LogP contribution in [0.2, 0.25) is 0 Å². The molecule has 2 aromatic rings. The van der Waals surface area contributed by atoms with Gasteiger partial charge in [0.25, 0.3) is 0 Å². The van der Waals surface area contributed by atoms with Crippen LogP contribution in [-0.4, -0.2) is 20.0 Å². The maximum absolute atomic E-state index is 11.9. The van der Waals surface area contributed by atoms with Crippen LogP contribution in [0.3, 0.4) is 0 Å². The monoisotopic (exact) mass is 269 g/mol. The van der Waals surface area contributed by atoms with E-state index < -0.39 is 0 Å². The zero-order valence-corrected chi connectivity index (χ0v) is 11.8. The number of rotatable bonds is 4. The summed E-state index contributed by atoms with van der Waals surface area (Å²) in [5.74, 6) is -0.0348. The van der Waals surface area contributed by atoms with Crippen LogP contribution in [0.15, 0.2) is 48.5 Å². The van der Waals surface area contributed by atoms with Crippen LogP contribution in [0, 0.1) is 0 Å². The van der Waals surface area contributed by atoms with Gasteiger partial charge in [0.1, 0.15) is 0 Å². The number of nitrogens with zero attached hydrogens (tertiary/aromatic N) is 1. The van der Waals surface area contributed by atoms with E-state index in [4.69, 9.17) is 5.73 Å². The third-order valence-electron chi connectivity index (χ3n) is 3.01. The van der Waals surface area contributed by atoms with Crippen LogP contribution in [0.1, 0.15) is 5.56 Å². The Kier molecular flexibility index (Phi) is 4.25. The molecular formula is C16H19N3O. The molecule has 1 amide bonds. The molecule has 4 heteroatoms. The third kappa shape index (κ3) is 3.75. The predicted octanol–water partition coefficient (Wildman–Crippen LogP) is 2.52. The zero-order valence-electron chi connectivity index (χ0n) is 11.8. The molecule has 0 aromatic heterocycles. The number of carbonyl (C=O) groups excluding carboxylic acids is 1. The van der Waals surface area contributed by atoms with Gasteiger partial charge in [-0.3, -0.25) is 4.79 Å². The molecule has 3 N–H and O–H groups in total. The second-order valence-electron chi connectivity index (χ2n) is 4.91. The second kappa shape index (κ2) is 6.10. The summed E-state index contributed by atoms with van der Waals surface area (Å²) in [6.45, 7) is 0. The van der Waals surface area contributed by atoms with Crippen LogP contribution in [-0.2, 0) is 11.2 Å². The highest BCUT2D eigenvalue weighted by atomic mass is 16.1. The quantitative estimate of drug-likeness (QED) is 0.838. The molecule has 2 aromatic carbocycles. The maximum atomic E-state index is 11.9. The third-order valence-corrected chi connectivity index (χ3v) is 3.01. The molecule has 0 unspecified atom stereocenters. The van der Waals surface area contributed by atoms with E-state index in [0.29, 0.717) is 12.1 Å². The first-order valence-corrected chi connectivity index (χ1v) is 6.46. The van der Waals surface area contributed by atoms with Gasteiger partial charge in [-0.15, -0.1) is 0 Å². The number of hydrogen-bond acceptors (Lipinski definition) is 3. The fourth-order valence-electron chi connectivity index (χ4n) is 1.87. The molecule has 4 nitrogen and oxygen atoms in total. The minimum Gasteiger partial charge on any atom is -0.399 e. The summed E-state index contributed by atoms with van der Waals surface area (Å²) >= 11 is 0. The molecule has 0 spiro atoms. The number of nitrogen functional groups attached to an aromatic ring is 1. The molecule has 0 aliphatic rings. The molecule has 0 atom stereocenters. The van der Waals surface area contributed by atoms with Gasteiger partial charge in [-0.05, 0) is 42.0 Å². The van der Waals surface area contributed by atoms with Crippen molar-refractivity contribution in [1.82, 2.24) is 0 Å². The summed E-state index contributed by atoms with van der Waals surface area (Å²) < 4.78 is 0. The van der Waals surface area contributed by atoms with Gasteiger partial charge in [-0.1, -0.05) is 12.1 Å². The Morgan fingerprint density at radius 1 is 1.05 bits per heavy atom. The van der Waals surface area contributed by atoms with Crippen LogP contribution < -0.4 is 16.0 Å². The van der Waals surface area contributed by atoms with Crippen LogP contribution in [0.5, 0.6) is 0 Å². The van der Waals surface area contributed by atoms with Gasteiger partial charge in [0.15, 0.2) is 0 Å². The molecule has 0 aliphatic carbocycles. The van der Waals surface area contributed by atoms with Crippen molar-refractivity contribution in [1.29, 1.82) is 0 Å². The summed E-state index contributed by atoms with van der Waals surface area (Å²) in [5.41, 5.74) is 9.16. The lowest BCUT2D eigenvalue weighted by Gasteiger charge is -2.13. The van der Waals surface area contributed by atoms with Crippen molar-refractivity contribution < 1.29 is 4.79 Å². The number of carbonyl (C=O) groups is 1. The minimum absolute atomic E-state index is 0.0348. The lowest BCUT2D eigenvalue weighted by Crippen LogP contribution is -2.14. The van der Waals surface area contributed by atoms with E-state index in [9.17, 15) is 4.79 Å². The van der Waals surface area contributed by atoms with Gasteiger partial charge >= 0.3 is 0 Å². The summed E-state index contributed by atoms with van der Waals surface area (Å²) in [5, 5.41) is 2.88. The first-order chi connectivity index (χ1) is 9.54. The van der Waals surface area contributed by atoms with Gasteiger partial charge in [0.2, 0.25) is 5.91 Å². The molecule has 2 rings (SSSR count). The van der Waals surface area contributed by atoms with E-state index in [2.05, 4.69) is 5.32 Å². The van der Waals surface area contributed by atoms with Crippen LogP contribution in [0.25, 0.3) is 0 Å². The maximum Gasteiger partial charge on any atom is 0.228 e. The summed E-state index contributed by atoms with van der Waals surface area (Å²) in [6, 6.07) is 15.1. The molecule has 0 bridgehead atoms. The predicted molar refractivity (Wildman–Crippen MR) is 84.0 cm³/mol. The average Bonchev–Trinajstić information content (AvgIpc) is 2.42. The molecule has 0 fully saturated rings. The number of nitrogens with two attached hydrogens (primary N) is 1. The molecule has 0 saturated carbocycles. The normalized spacial score (nSPS) is 10.1. The van der Waals surface area contributed by atoms with Crippen LogP contribution >= 0.6 is 0 Å². The van der Waals surface area contributed by atoms with Gasteiger partial charge < -0.3 is 16.0 Å². The molecule has 104 valence electrons. The number of anilines is 3.